The predicted molar refractivity (Wildman–Crippen MR) is 111 cm³/mol. The highest BCUT2D eigenvalue weighted by atomic mass is 32.2. The first-order chi connectivity index (χ1) is 15.0. The van der Waals surface area contributed by atoms with E-state index in [9.17, 15) is 13.2 Å². The molecule has 4 rings (SSSR count). The summed E-state index contributed by atoms with van der Waals surface area (Å²) in [5, 5.41) is 0. The fourth-order valence-electron chi connectivity index (χ4n) is 3.20. The molecule has 1 saturated heterocycles. The molecule has 31 heavy (non-hydrogen) atoms. The molecule has 2 aromatic carbocycles. The maximum absolute atomic E-state index is 12.8. The van der Waals surface area contributed by atoms with E-state index in [1.54, 1.807) is 12.1 Å². The Morgan fingerprint density at radius 2 is 1.84 bits per heavy atom. The first-order valence-corrected chi connectivity index (χ1v) is 11.3. The van der Waals surface area contributed by atoms with Crippen LogP contribution in [0.15, 0.2) is 70.2 Å². The summed E-state index contributed by atoms with van der Waals surface area (Å²) in [6.07, 6.45) is 1.39. The van der Waals surface area contributed by atoms with Gasteiger partial charge in [0.1, 0.15) is 12.9 Å². The van der Waals surface area contributed by atoms with Gasteiger partial charge in [0.25, 0.3) is 0 Å². The molecule has 1 aromatic heterocycles. The Balaban J connectivity index is 1.36. The molecule has 1 aliphatic rings. The van der Waals surface area contributed by atoms with Crippen molar-refractivity contribution >= 4 is 16.0 Å². The van der Waals surface area contributed by atoms with Gasteiger partial charge in [-0.15, -0.1) is 0 Å². The van der Waals surface area contributed by atoms with Crippen molar-refractivity contribution < 1.29 is 27.1 Å². The summed E-state index contributed by atoms with van der Waals surface area (Å²) in [5.41, 5.74) is 1.88. The minimum Gasteiger partial charge on any atom is -0.461 e. The van der Waals surface area contributed by atoms with Crippen LogP contribution in [0.25, 0.3) is 11.5 Å². The average Bonchev–Trinajstić information content (AvgIpc) is 3.27. The van der Waals surface area contributed by atoms with Gasteiger partial charge in [0.15, 0.2) is 0 Å². The number of carbonyl (C=O) groups is 1. The number of hydrogen-bond acceptors (Lipinski definition) is 7. The summed E-state index contributed by atoms with van der Waals surface area (Å²) in [6.45, 7) is 1.37. The normalized spacial score (nSPS) is 15.0. The zero-order valence-corrected chi connectivity index (χ0v) is 17.6. The Labute approximate surface area is 180 Å². The third-order valence-corrected chi connectivity index (χ3v) is 6.70. The number of aromatic nitrogens is 1. The molecule has 1 aliphatic heterocycles. The molecule has 162 valence electrons. The summed E-state index contributed by atoms with van der Waals surface area (Å²) in [6, 6.07) is 15.8. The quantitative estimate of drug-likeness (QED) is 0.519. The minimum atomic E-state index is -3.60. The van der Waals surface area contributed by atoms with Crippen LogP contribution < -0.4 is 0 Å². The van der Waals surface area contributed by atoms with E-state index in [4.69, 9.17) is 13.9 Å². The fourth-order valence-corrected chi connectivity index (χ4v) is 4.67. The van der Waals surface area contributed by atoms with Crippen molar-refractivity contribution in [2.45, 2.75) is 17.9 Å². The number of nitrogens with zero attached hydrogens (tertiary/aromatic N) is 2. The second-order valence-electron chi connectivity index (χ2n) is 7.01. The molecule has 0 unspecified atom stereocenters. The highest BCUT2D eigenvalue weighted by Gasteiger charge is 2.26. The highest BCUT2D eigenvalue weighted by molar-refractivity contribution is 7.89. The fraction of sp³-hybridized carbons (Fsp3) is 0.273. The largest absolute Gasteiger partial charge is 0.461 e. The first kappa shape index (κ1) is 21.2. The number of carbonyl (C=O) groups excluding carboxylic acids is 1. The van der Waals surface area contributed by atoms with Crippen LogP contribution in [0.4, 0.5) is 0 Å². The molecule has 0 spiro atoms. The van der Waals surface area contributed by atoms with E-state index in [1.807, 2.05) is 30.3 Å². The summed E-state index contributed by atoms with van der Waals surface area (Å²) in [7, 11) is -3.60. The van der Waals surface area contributed by atoms with Crippen LogP contribution in [-0.4, -0.2) is 50.0 Å². The molecule has 2 heterocycles. The number of morpholine rings is 1. The van der Waals surface area contributed by atoms with E-state index in [1.165, 1.54) is 22.7 Å². The van der Waals surface area contributed by atoms with E-state index in [-0.39, 0.29) is 17.9 Å². The van der Waals surface area contributed by atoms with Crippen molar-refractivity contribution in [1.29, 1.82) is 0 Å². The molecule has 1 fully saturated rings. The van der Waals surface area contributed by atoms with Gasteiger partial charge in [-0.05, 0) is 29.8 Å². The molecule has 3 aromatic rings. The van der Waals surface area contributed by atoms with Crippen molar-refractivity contribution in [3.63, 3.8) is 0 Å². The van der Waals surface area contributed by atoms with Crippen LogP contribution in [0.2, 0.25) is 0 Å². The number of hydrogen-bond donors (Lipinski definition) is 0. The number of sulfonamides is 1. The number of rotatable bonds is 7. The van der Waals surface area contributed by atoms with Crippen LogP contribution in [0.1, 0.15) is 11.3 Å². The van der Waals surface area contributed by atoms with Gasteiger partial charge in [0, 0.05) is 18.7 Å². The molecule has 8 nitrogen and oxygen atoms in total. The monoisotopic (exact) mass is 442 g/mol. The molecule has 0 atom stereocenters. The zero-order valence-electron chi connectivity index (χ0n) is 16.8. The van der Waals surface area contributed by atoms with Crippen molar-refractivity contribution in [3.05, 3.63) is 72.1 Å². The molecule has 0 bridgehead atoms. The highest BCUT2D eigenvalue weighted by Crippen LogP contribution is 2.20. The average molecular weight is 442 g/mol. The predicted octanol–water partition coefficient (Wildman–Crippen LogP) is 2.65. The Bertz CT molecular complexity index is 1140. The maximum atomic E-state index is 12.8. The van der Waals surface area contributed by atoms with Gasteiger partial charge in [-0.1, -0.05) is 30.3 Å². The second-order valence-corrected chi connectivity index (χ2v) is 8.95. The van der Waals surface area contributed by atoms with Crippen molar-refractivity contribution in [2.24, 2.45) is 0 Å². The van der Waals surface area contributed by atoms with Gasteiger partial charge < -0.3 is 13.9 Å². The molecule has 0 radical (unpaired) electrons. The number of oxazole rings is 1. The summed E-state index contributed by atoms with van der Waals surface area (Å²) < 4.78 is 42.9. The van der Waals surface area contributed by atoms with E-state index >= 15 is 0 Å². The third-order valence-electron chi connectivity index (χ3n) is 4.80. The van der Waals surface area contributed by atoms with Crippen LogP contribution in [0.3, 0.4) is 0 Å². The Morgan fingerprint density at radius 3 is 2.61 bits per heavy atom. The Kier molecular flexibility index (Phi) is 6.45. The number of benzene rings is 2. The van der Waals surface area contributed by atoms with Gasteiger partial charge in [-0.3, -0.25) is 4.79 Å². The second kappa shape index (κ2) is 9.42. The van der Waals surface area contributed by atoms with Crippen molar-refractivity contribution in [3.8, 4) is 11.5 Å². The number of ether oxygens (including phenoxy) is 2. The molecule has 0 aliphatic carbocycles. The van der Waals surface area contributed by atoms with Crippen LogP contribution >= 0.6 is 0 Å². The summed E-state index contributed by atoms with van der Waals surface area (Å²) in [5.74, 6) is -0.0428. The SMILES string of the molecule is O=C(Cc1coc(-c2ccccc2)n1)OCc1cccc(S(=O)(=O)N2CCOCC2)c1. The number of esters is 1. The van der Waals surface area contributed by atoms with Crippen LogP contribution in [-0.2, 0) is 37.3 Å². The molecule has 0 N–H and O–H groups in total. The molecule has 0 amide bonds. The lowest BCUT2D eigenvalue weighted by Gasteiger charge is -2.26. The van der Waals surface area contributed by atoms with E-state index < -0.39 is 16.0 Å². The molecular weight excluding hydrogens is 420 g/mol. The minimum absolute atomic E-state index is 0.0330. The van der Waals surface area contributed by atoms with Crippen LogP contribution in [0, 0.1) is 0 Å². The standard InChI is InChI=1S/C22H22N2O6S/c25-21(14-19-16-30-22(23-19)18-6-2-1-3-7-18)29-15-17-5-4-8-20(13-17)31(26,27)24-9-11-28-12-10-24/h1-8,13,16H,9-12,14-15H2. The lowest BCUT2D eigenvalue weighted by molar-refractivity contribution is -0.144. The zero-order chi connectivity index (χ0) is 21.7. The molecular formula is C22H22N2O6S. The van der Waals surface area contributed by atoms with Crippen molar-refractivity contribution in [1.82, 2.24) is 9.29 Å². The topological polar surface area (TPSA) is 98.9 Å². The van der Waals surface area contributed by atoms with Gasteiger partial charge in [-0.25, -0.2) is 13.4 Å². The van der Waals surface area contributed by atoms with Gasteiger partial charge in [0.2, 0.25) is 15.9 Å². The van der Waals surface area contributed by atoms with E-state index in [0.29, 0.717) is 43.5 Å². The van der Waals surface area contributed by atoms with Gasteiger partial charge in [-0.2, -0.15) is 4.31 Å². The van der Waals surface area contributed by atoms with E-state index in [0.717, 1.165) is 5.56 Å². The first-order valence-electron chi connectivity index (χ1n) is 9.85. The Morgan fingerprint density at radius 1 is 1.06 bits per heavy atom. The van der Waals surface area contributed by atoms with Gasteiger partial charge in [0.05, 0.1) is 30.2 Å². The lowest BCUT2D eigenvalue weighted by atomic mass is 10.2. The molecule has 9 heteroatoms. The smallest absolute Gasteiger partial charge is 0.312 e. The van der Waals surface area contributed by atoms with Crippen LogP contribution in [0.5, 0.6) is 0 Å². The Hall–Kier alpha value is -3.01. The summed E-state index contributed by atoms with van der Waals surface area (Å²) in [4.78, 5) is 16.7. The lowest BCUT2D eigenvalue weighted by Crippen LogP contribution is -2.40. The third kappa shape index (κ3) is 5.19. The van der Waals surface area contributed by atoms with Crippen molar-refractivity contribution in [2.75, 3.05) is 26.3 Å². The van der Waals surface area contributed by atoms with E-state index in [2.05, 4.69) is 4.98 Å². The molecule has 0 saturated carbocycles. The summed E-state index contributed by atoms with van der Waals surface area (Å²) >= 11 is 0. The van der Waals surface area contributed by atoms with Gasteiger partial charge >= 0.3 is 5.97 Å². The maximum Gasteiger partial charge on any atom is 0.312 e.